The molecule has 0 saturated carbocycles. The number of guanidine groups is 1. The van der Waals surface area contributed by atoms with Gasteiger partial charge in [-0.2, -0.15) is 0 Å². The lowest BCUT2D eigenvalue weighted by molar-refractivity contribution is -0.0828. The summed E-state index contributed by atoms with van der Waals surface area (Å²) in [5, 5.41) is 6.40. The lowest BCUT2D eigenvalue weighted by Gasteiger charge is -2.34. The van der Waals surface area contributed by atoms with Crippen molar-refractivity contribution < 1.29 is 18.3 Å². The van der Waals surface area contributed by atoms with Gasteiger partial charge in [0.2, 0.25) is 0 Å². The third kappa shape index (κ3) is 6.31. The van der Waals surface area contributed by atoms with Crippen LogP contribution in [0.5, 0.6) is 0 Å². The first-order valence-electron chi connectivity index (χ1n) is 8.62. The Balaban J connectivity index is 0.00000338. The molecule has 0 spiro atoms. The predicted octanol–water partition coefficient (Wildman–Crippen LogP) is 3.39. The van der Waals surface area contributed by atoms with Crippen LogP contribution < -0.4 is 10.6 Å². The van der Waals surface area contributed by atoms with Crippen LogP contribution in [0.3, 0.4) is 0 Å². The van der Waals surface area contributed by atoms with E-state index >= 15 is 0 Å². The Morgan fingerprint density at radius 1 is 1.31 bits per heavy atom. The minimum absolute atomic E-state index is 0. The van der Waals surface area contributed by atoms with Crippen LogP contribution in [0.1, 0.15) is 38.3 Å². The van der Waals surface area contributed by atoms with E-state index in [0.29, 0.717) is 37.8 Å². The number of aliphatic imine (C=N–C) groups is 1. The summed E-state index contributed by atoms with van der Waals surface area (Å²) in [6, 6.07) is 3.68. The van der Waals surface area contributed by atoms with Crippen molar-refractivity contribution in [2.75, 3.05) is 33.4 Å². The van der Waals surface area contributed by atoms with E-state index in [1.54, 1.807) is 13.2 Å². The third-order valence-electron chi connectivity index (χ3n) is 4.50. The van der Waals surface area contributed by atoms with Crippen molar-refractivity contribution in [2.24, 2.45) is 4.99 Å². The molecule has 0 aliphatic carbocycles. The number of ether oxygens (including phenoxy) is 2. The first-order chi connectivity index (χ1) is 12.0. The van der Waals surface area contributed by atoms with E-state index in [4.69, 9.17) is 9.47 Å². The molecule has 1 fully saturated rings. The van der Waals surface area contributed by atoms with Crippen LogP contribution in [0.2, 0.25) is 0 Å². The van der Waals surface area contributed by atoms with Gasteiger partial charge in [-0.3, -0.25) is 4.99 Å². The van der Waals surface area contributed by atoms with Crippen molar-refractivity contribution in [1.29, 1.82) is 0 Å². The Bertz CT molecular complexity index is 596. The van der Waals surface area contributed by atoms with E-state index in [-0.39, 0.29) is 35.6 Å². The van der Waals surface area contributed by atoms with E-state index < -0.39 is 11.6 Å². The second-order valence-corrected chi connectivity index (χ2v) is 6.23. The fraction of sp³-hybridized carbons (Fsp3) is 0.611. The zero-order valence-corrected chi connectivity index (χ0v) is 17.8. The quantitative estimate of drug-likeness (QED) is 0.370. The normalized spacial score (nSPS) is 18.0. The second-order valence-electron chi connectivity index (χ2n) is 6.23. The first kappa shape index (κ1) is 23.0. The Labute approximate surface area is 171 Å². The van der Waals surface area contributed by atoms with Crippen LogP contribution in [0, 0.1) is 11.6 Å². The molecule has 5 nitrogen and oxygen atoms in total. The highest BCUT2D eigenvalue weighted by Crippen LogP contribution is 2.24. The Kier molecular flexibility index (Phi) is 9.73. The maximum Gasteiger partial charge on any atom is 0.191 e. The zero-order valence-electron chi connectivity index (χ0n) is 15.5. The molecule has 1 unspecified atom stereocenters. The van der Waals surface area contributed by atoms with Crippen molar-refractivity contribution in [3.8, 4) is 0 Å². The number of benzene rings is 1. The molecular formula is C18H28F2IN3O2. The molecule has 0 bridgehead atoms. The lowest BCUT2D eigenvalue weighted by atomic mass is 9.94. The molecule has 1 atom stereocenters. The summed E-state index contributed by atoms with van der Waals surface area (Å²) in [6.07, 6.45) is 1.59. The summed E-state index contributed by atoms with van der Waals surface area (Å²) >= 11 is 0. The number of hydrogen-bond acceptors (Lipinski definition) is 3. The monoisotopic (exact) mass is 483 g/mol. The van der Waals surface area contributed by atoms with Crippen LogP contribution in [0.25, 0.3) is 0 Å². The molecule has 1 aliphatic heterocycles. The SMILES string of the molecule is CCNC(=NCC1(OC)CCOCC1)NC(C)c1ccc(F)c(F)c1.I. The summed E-state index contributed by atoms with van der Waals surface area (Å²) in [5.41, 5.74) is 0.336. The van der Waals surface area contributed by atoms with Gasteiger partial charge in [-0.1, -0.05) is 6.07 Å². The average Bonchev–Trinajstić information content (AvgIpc) is 2.63. The van der Waals surface area contributed by atoms with Crippen LogP contribution in [0.4, 0.5) is 8.78 Å². The van der Waals surface area contributed by atoms with E-state index in [0.717, 1.165) is 18.9 Å². The standard InChI is InChI=1S/C18H27F2N3O2.HI/c1-4-21-17(22-12-18(24-3)7-9-25-10-8-18)23-13(2)14-5-6-15(19)16(20)11-14;/h5-6,11,13H,4,7-10,12H2,1-3H3,(H2,21,22,23);1H. The van der Waals surface area contributed by atoms with Gasteiger partial charge in [0.15, 0.2) is 17.6 Å². The number of nitrogens with one attached hydrogen (secondary N) is 2. The molecule has 26 heavy (non-hydrogen) atoms. The molecule has 0 amide bonds. The smallest absolute Gasteiger partial charge is 0.191 e. The average molecular weight is 483 g/mol. The molecule has 1 aliphatic rings. The number of halogens is 3. The highest BCUT2D eigenvalue weighted by atomic mass is 127. The van der Waals surface area contributed by atoms with Gasteiger partial charge in [-0.05, 0) is 31.5 Å². The van der Waals surface area contributed by atoms with Crippen molar-refractivity contribution in [2.45, 2.75) is 38.3 Å². The molecular weight excluding hydrogens is 455 g/mol. The molecule has 0 aromatic heterocycles. The van der Waals surface area contributed by atoms with E-state index in [2.05, 4.69) is 15.6 Å². The van der Waals surface area contributed by atoms with Gasteiger partial charge in [0.25, 0.3) is 0 Å². The maximum atomic E-state index is 13.4. The first-order valence-corrected chi connectivity index (χ1v) is 8.62. The summed E-state index contributed by atoms with van der Waals surface area (Å²) < 4.78 is 37.6. The van der Waals surface area contributed by atoms with Gasteiger partial charge in [0, 0.05) is 39.7 Å². The highest BCUT2D eigenvalue weighted by molar-refractivity contribution is 14.0. The molecule has 1 aromatic carbocycles. The van der Waals surface area contributed by atoms with Crippen molar-refractivity contribution in [1.82, 2.24) is 10.6 Å². The minimum Gasteiger partial charge on any atom is -0.381 e. The van der Waals surface area contributed by atoms with E-state index in [1.165, 1.54) is 6.07 Å². The Hall–Kier alpha value is -1.00. The van der Waals surface area contributed by atoms with E-state index in [9.17, 15) is 8.78 Å². The summed E-state index contributed by atoms with van der Waals surface area (Å²) in [7, 11) is 1.70. The summed E-state index contributed by atoms with van der Waals surface area (Å²) in [5.74, 6) is -1.09. The number of nitrogens with zero attached hydrogens (tertiary/aromatic N) is 1. The van der Waals surface area contributed by atoms with Gasteiger partial charge < -0.3 is 20.1 Å². The molecule has 1 saturated heterocycles. The molecule has 2 rings (SSSR count). The van der Waals surface area contributed by atoms with Crippen LogP contribution in [-0.4, -0.2) is 45.0 Å². The molecule has 0 radical (unpaired) electrons. The third-order valence-corrected chi connectivity index (χ3v) is 4.50. The van der Waals surface area contributed by atoms with Gasteiger partial charge in [0.1, 0.15) is 0 Å². The largest absolute Gasteiger partial charge is 0.381 e. The fourth-order valence-electron chi connectivity index (χ4n) is 2.78. The second kappa shape index (κ2) is 11.0. The van der Waals surface area contributed by atoms with Gasteiger partial charge in [-0.25, -0.2) is 8.78 Å². The van der Waals surface area contributed by atoms with Crippen molar-refractivity contribution in [3.63, 3.8) is 0 Å². The van der Waals surface area contributed by atoms with Crippen molar-refractivity contribution >= 4 is 29.9 Å². The molecule has 2 N–H and O–H groups in total. The van der Waals surface area contributed by atoms with Crippen LogP contribution in [-0.2, 0) is 9.47 Å². The van der Waals surface area contributed by atoms with Crippen LogP contribution in [0.15, 0.2) is 23.2 Å². The Morgan fingerprint density at radius 3 is 2.58 bits per heavy atom. The number of rotatable bonds is 6. The Morgan fingerprint density at radius 2 is 2.00 bits per heavy atom. The highest BCUT2D eigenvalue weighted by Gasteiger charge is 2.32. The molecule has 1 aromatic rings. The van der Waals surface area contributed by atoms with Gasteiger partial charge in [-0.15, -0.1) is 24.0 Å². The molecule has 8 heteroatoms. The summed E-state index contributed by atoms with van der Waals surface area (Å²) in [4.78, 5) is 4.63. The van der Waals surface area contributed by atoms with Crippen molar-refractivity contribution in [3.05, 3.63) is 35.4 Å². The fourth-order valence-corrected chi connectivity index (χ4v) is 2.78. The zero-order chi connectivity index (χ0) is 18.3. The topological polar surface area (TPSA) is 54.9 Å². The minimum atomic E-state index is -0.853. The maximum absolute atomic E-state index is 13.4. The lowest BCUT2D eigenvalue weighted by Crippen LogP contribution is -2.44. The van der Waals surface area contributed by atoms with Gasteiger partial charge >= 0.3 is 0 Å². The molecule has 1 heterocycles. The summed E-state index contributed by atoms with van der Waals surface area (Å²) in [6.45, 7) is 6.38. The van der Waals surface area contributed by atoms with Gasteiger partial charge in [0.05, 0.1) is 18.2 Å². The van der Waals surface area contributed by atoms with Crippen LogP contribution >= 0.6 is 24.0 Å². The number of methoxy groups -OCH3 is 1. The number of hydrogen-bond donors (Lipinski definition) is 2. The molecule has 148 valence electrons. The van der Waals surface area contributed by atoms with E-state index in [1.807, 2.05) is 13.8 Å². The predicted molar refractivity (Wildman–Crippen MR) is 109 cm³/mol.